The minimum absolute atomic E-state index is 0.246. The maximum Gasteiger partial charge on any atom is 0.132 e. The third kappa shape index (κ3) is 2.18. The van der Waals surface area contributed by atoms with Gasteiger partial charge in [-0.1, -0.05) is 12.0 Å². The van der Waals surface area contributed by atoms with Gasteiger partial charge in [-0.05, 0) is 42.7 Å². The van der Waals surface area contributed by atoms with Crippen LogP contribution in [0.5, 0.6) is 0 Å². The number of halogens is 1. The molecule has 2 nitrogen and oxygen atoms in total. The van der Waals surface area contributed by atoms with Gasteiger partial charge in [0.05, 0.1) is 5.69 Å². The number of fused-ring (bicyclic) bond motifs is 1. The first kappa shape index (κ1) is 10.8. The van der Waals surface area contributed by atoms with Gasteiger partial charge in [-0.25, -0.2) is 4.39 Å². The molecule has 0 amide bonds. The predicted octanol–water partition coefficient (Wildman–Crippen LogP) is 1.36. The molecule has 0 saturated heterocycles. The van der Waals surface area contributed by atoms with Gasteiger partial charge in [-0.3, -0.25) is 4.99 Å². The van der Waals surface area contributed by atoms with E-state index >= 15 is 0 Å². The number of hydrogen-bond donors (Lipinski definition) is 1. The average Bonchev–Trinajstić information content (AvgIpc) is 2.81. The summed E-state index contributed by atoms with van der Waals surface area (Å²) < 4.78 is 12.7. The van der Waals surface area contributed by atoms with Crippen molar-refractivity contribution in [2.75, 3.05) is 6.54 Å². The van der Waals surface area contributed by atoms with Gasteiger partial charge in [0.2, 0.25) is 0 Å². The number of H-pyrrole nitrogens is 1. The van der Waals surface area contributed by atoms with Crippen LogP contribution in [0.1, 0.15) is 17.7 Å². The molecule has 0 unspecified atom stereocenters. The van der Waals surface area contributed by atoms with Crippen LogP contribution >= 0.6 is 0 Å². The number of aromatic amines is 1. The van der Waals surface area contributed by atoms with Crippen LogP contribution in [-0.2, 0) is 0 Å². The van der Waals surface area contributed by atoms with Gasteiger partial charge >= 0.3 is 0 Å². The van der Waals surface area contributed by atoms with E-state index in [1.165, 1.54) is 12.1 Å². The molecule has 0 radical (unpaired) electrons. The van der Waals surface area contributed by atoms with E-state index < -0.39 is 0 Å². The Morgan fingerprint density at radius 1 is 1.17 bits per heavy atom. The van der Waals surface area contributed by atoms with Crippen molar-refractivity contribution in [2.45, 2.75) is 6.42 Å². The highest BCUT2D eigenvalue weighted by Gasteiger charge is 1.98. The third-order valence-corrected chi connectivity index (χ3v) is 2.78. The fraction of sp³-hybridized carbons (Fsp3) is 0.133. The number of benzene rings is 1. The Kier molecular flexibility index (Phi) is 2.70. The minimum Gasteiger partial charge on any atom is -0.333 e. The Morgan fingerprint density at radius 3 is 2.78 bits per heavy atom. The van der Waals surface area contributed by atoms with Crippen LogP contribution in [-0.4, -0.2) is 11.5 Å². The van der Waals surface area contributed by atoms with Crippen molar-refractivity contribution in [3.63, 3.8) is 0 Å². The number of aromatic nitrogens is 1. The Balaban J connectivity index is 1.94. The summed E-state index contributed by atoms with van der Waals surface area (Å²) in [4.78, 5) is 7.55. The first-order valence-electron chi connectivity index (χ1n) is 5.82. The molecule has 1 aliphatic heterocycles. The summed E-state index contributed by atoms with van der Waals surface area (Å²) in [5.74, 6) is 5.78. The molecule has 0 atom stereocenters. The second-order valence-corrected chi connectivity index (χ2v) is 4.12. The Morgan fingerprint density at radius 2 is 2.00 bits per heavy atom. The van der Waals surface area contributed by atoms with Crippen LogP contribution in [0.3, 0.4) is 0 Å². The van der Waals surface area contributed by atoms with E-state index in [1.54, 1.807) is 12.1 Å². The lowest BCUT2D eigenvalue weighted by Gasteiger charge is -1.91. The van der Waals surface area contributed by atoms with Crippen LogP contribution in [0, 0.1) is 17.7 Å². The number of nitrogens with one attached hydrogen (secondary N) is 1. The van der Waals surface area contributed by atoms with E-state index in [4.69, 9.17) is 0 Å². The molecule has 2 aromatic rings. The molecule has 1 N–H and O–H groups in total. The zero-order chi connectivity index (χ0) is 12.4. The fourth-order valence-corrected chi connectivity index (χ4v) is 1.88. The first-order valence-corrected chi connectivity index (χ1v) is 5.82. The second-order valence-electron chi connectivity index (χ2n) is 4.12. The first-order chi connectivity index (χ1) is 8.81. The zero-order valence-electron chi connectivity index (χ0n) is 9.70. The Hall–Kier alpha value is -2.34. The summed E-state index contributed by atoms with van der Waals surface area (Å²) in [5, 5.41) is 1.12. The summed E-state index contributed by atoms with van der Waals surface area (Å²) in [6.45, 7) is 0.832. The largest absolute Gasteiger partial charge is 0.333 e. The lowest BCUT2D eigenvalue weighted by molar-refractivity contribution is 0.627. The van der Waals surface area contributed by atoms with E-state index in [-0.39, 0.29) is 5.82 Å². The van der Waals surface area contributed by atoms with Gasteiger partial charge in [-0.15, -0.1) is 0 Å². The third-order valence-electron chi connectivity index (χ3n) is 2.78. The van der Waals surface area contributed by atoms with Crippen LogP contribution < -0.4 is 10.7 Å². The molecule has 18 heavy (non-hydrogen) atoms. The summed E-state index contributed by atoms with van der Waals surface area (Å²) in [6, 6.07) is 8.15. The van der Waals surface area contributed by atoms with E-state index in [9.17, 15) is 4.39 Å². The smallest absolute Gasteiger partial charge is 0.132 e. The second kappa shape index (κ2) is 4.50. The lowest BCUT2D eigenvalue weighted by atomic mass is 10.2. The van der Waals surface area contributed by atoms with E-state index in [2.05, 4.69) is 27.9 Å². The van der Waals surface area contributed by atoms with Crippen molar-refractivity contribution in [1.82, 2.24) is 4.98 Å². The molecular weight excluding hydrogens is 227 g/mol. The highest BCUT2D eigenvalue weighted by molar-refractivity contribution is 5.41. The number of nitrogens with zero attached hydrogens (tertiary/aromatic N) is 1. The van der Waals surface area contributed by atoms with Gasteiger partial charge in [0, 0.05) is 17.3 Å². The van der Waals surface area contributed by atoms with Crippen LogP contribution in [0.2, 0.25) is 0 Å². The molecular formula is C15H11FN2. The van der Waals surface area contributed by atoms with Crippen molar-refractivity contribution in [3.8, 4) is 11.8 Å². The van der Waals surface area contributed by atoms with Crippen molar-refractivity contribution < 1.29 is 4.39 Å². The molecule has 0 bridgehead atoms. The summed E-state index contributed by atoms with van der Waals surface area (Å²) >= 11 is 0. The topological polar surface area (TPSA) is 28.1 Å². The van der Waals surface area contributed by atoms with Gasteiger partial charge in [-0.2, -0.15) is 0 Å². The molecule has 3 rings (SSSR count). The van der Waals surface area contributed by atoms with Crippen LogP contribution in [0.4, 0.5) is 4.39 Å². The van der Waals surface area contributed by atoms with Gasteiger partial charge < -0.3 is 4.98 Å². The molecule has 3 heteroatoms. The van der Waals surface area contributed by atoms with Gasteiger partial charge in [0.15, 0.2) is 0 Å². The summed E-state index contributed by atoms with van der Waals surface area (Å²) in [7, 11) is 0. The molecule has 2 heterocycles. The molecule has 0 saturated carbocycles. The summed E-state index contributed by atoms with van der Waals surface area (Å²) in [5.41, 5.74) is 2.54. The summed E-state index contributed by atoms with van der Waals surface area (Å²) in [6.07, 6.45) is 3.14. The number of hydrogen-bond acceptors (Lipinski definition) is 1. The lowest BCUT2D eigenvalue weighted by Crippen LogP contribution is -2.25. The Bertz CT molecular complexity index is 709. The maximum absolute atomic E-state index is 12.7. The van der Waals surface area contributed by atoms with Crippen molar-refractivity contribution in [1.29, 1.82) is 0 Å². The fourth-order valence-electron chi connectivity index (χ4n) is 1.88. The van der Waals surface area contributed by atoms with E-state index in [1.807, 2.05) is 6.07 Å². The van der Waals surface area contributed by atoms with Crippen molar-refractivity contribution in [3.05, 3.63) is 58.1 Å². The van der Waals surface area contributed by atoms with Gasteiger partial charge in [0.1, 0.15) is 11.3 Å². The zero-order valence-corrected chi connectivity index (χ0v) is 9.70. The monoisotopic (exact) mass is 238 g/mol. The molecule has 0 aliphatic carbocycles. The maximum atomic E-state index is 12.7. The quantitative estimate of drug-likeness (QED) is 0.671. The SMILES string of the molecule is Fc1ccc(C#Cc2cc3c([nH]2)=NCCC=3)cc1. The molecule has 1 aromatic heterocycles. The van der Waals surface area contributed by atoms with Crippen LogP contribution in [0.15, 0.2) is 35.3 Å². The predicted molar refractivity (Wildman–Crippen MR) is 67.9 cm³/mol. The van der Waals surface area contributed by atoms with E-state index in [0.29, 0.717) is 0 Å². The van der Waals surface area contributed by atoms with E-state index in [0.717, 1.165) is 34.9 Å². The standard InChI is InChI=1S/C15H11FN2/c16-13-6-3-11(4-7-13)5-8-14-10-12-2-1-9-17-15(12)18-14/h2-4,6-7,10H,1,9H2,(H,17,18). The molecule has 1 aromatic carbocycles. The highest BCUT2D eigenvalue weighted by Crippen LogP contribution is 2.00. The van der Waals surface area contributed by atoms with Crippen molar-refractivity contribution in [2.24, 2.45) is 4.99 Å². The minimum atomic E-state index is -0.246. The van der Waals surface area contributed by atoms with Crippen LogP contribution in [0.25, 0.3) is 6.08 Å². The average molecular weight is 238 g/mol. The normalized spacial score (nSPS) is 12.7. The molecule has 0 fully saturated rings. The molecule has 88 valence electrons. The number of rotatable bonds is 0. The highest BCUT2D eigenvalue weighted by atomic mass is 19.1. The molecule has 1 aliphatic rings. The Labute approximate surface area is 104 Å². The van der Waals surface area contributed by atoms with Gasteiger partial charge in [0.25, 0.3) is 0 Å². The van der Waals surface area contributed by atoms with Crippen molar-refractivity contribution >= 4 is 6.08 Å². The molecule has 0 spiro atoms.